The molecule has 236 valence electrons. The van der Waals surface area contributed by atoms with E-state index in [9.17, 15) is 53.6 Å². The Morgan fingerprint density at radius 2 is 1.47 bits per heavy atom. The van der Waals surface area contributed by atoms with E-state index in [1.165, 1.54) is 24.3 Å². The van der Waals surface area contributed by atoms with Gasteiger partial charge in [-0.05, 0) is 64.3 Å². The van der Waals surface area contributed by atoms with E-state index in [0.717, 1.165) is 18.2 Å². The Labute approximate surface area is 247 Å². The monoisotopic (exact) mass is 644 g/mol. The number of benzene rings is 4. The van der Waals surface area contributed by atoms with Crippen molar-refractivity contribution in [1.82, 2.24) is 5.32 Å². The standard InChI is InChI=1S/C30H18F10N2O3/c31-20-11-19(12-21(14-20)45-30(39,40)27(34)35)28(15-16-4-2-1-3-5-16,18-7-9-24(33)25(13-18)42-44)41-26(43)17-6-8-23(32)22(10-17)29(36,37)38/h1-14,27H,15H2,(H,41,43)/t28-/m1/s1. The molecule has 0 heterocycles. The van der Waals surface area contributed by atoms with Crippen molar-refractivity contribution in [3.8, 4) is 5.75 Å². The van der Waals surface area contributed by atoms with Crippen LogP contribution >= 0.6 is 0 Å². The lowest BCUT2D eigenvalue weighted by atomic mass is 9.77. The van der Waals surface area contributed by atoms with Gasteiger partial charge in [0, 0.05) is 18.1 Å². The number of nitrogens with one attached hydrogen (secondary N) is 1. The molecule has 0 aromatic heterocycles. The number of carbonyl (C=O) groups is 1. The summed E-state index contributed by atoms with van der Waals surface area (Å²) < 4.78 is 141. The van der Waals surface area contributed by atoms with Gasteiger partial charge in [-0.15, -0.1) is 4.91 Å². The first-order chi connectivity index (χ1) is 21.1. The first-order valence-electron chi connectivity index (χ1n) is 12.6. The summed E-state index contributed by atoms with van der Waals surface area (Å²) in [6.45, 7) is 0. The van der Waals surface area contributed by atoms with Crippen molar-refractivity contribution in [3.05, 3.63) is 135 Å². The Morgan fingerprint density at radius 1 is 0.800 bits per heavy atom. The van der Waals surface area contributed by atoms with Crippen molar-refractivity contribution in [2.75, 3.05) is 0 Å². The molecule has 15 heteroatoms. The molecule has 0 aliphatic heterocycles. The highest BCUT2D eigenvalue weighted by atomic mass is 19.4. The van der Waals surface area contributed by atoms with Crippen LogP contribution in [0.1, 0.15) is 32.6 Å². The van der Waals surface area contributed by atoms with Gasteiger partial charge in [0.05, 0.1) is 11.1 Å². The van der Waals surface area contributed by atoms with Crippen LogP contribution < -0.4 is 10.1 Å². The van der Waals surface area contributed by atoms with Crippen molar-refractivity contribution in [2.45, 2.75) is 30.7 Å². The number of carbonyl (C=O) groups excluding carboxylic acids is 1. The zero-order valence-corrected chi connectivity index (χ0v) is 22.3. The molecule has 4 aromatic rings. The normalized spacial score (nSPS) is 13.3. The number of hydrogen-bond acceptors (Lipinski definition) is 4. The Hall–Kier alpha value is -4.95. The van der Waals surface area contributed by atoms with Gasteiger partial charge in [-0.1, -0.05) is 36.4 Å². The van der Waals surface area contributed by atoms with Crippen LogP contribution in [-0.4, -0.2) is 18.4 Å². The van der Waals surface area contributed by atoms with E-state index in [-0.39, 0.29) is 11.6 Å². The second-order valence-corrected chi connectivity index (χ2v) is 9.61. The molecule has 0 saturated heterocycles. The second kappa shape index (κ2) is 12.6. The lowest BCUT2D eigenvalue weighted by Crippen LogP contribution is -2.49. The Balaban J connectivity index is 2.01. The van der Waals surface area contributed by atoms with E-state index in [2.05, 4.69) is 15.2 Å². The molecule has 1 amide bonds. The number of nitrogens with zero attached hydrogens (tertiary/aromatic N) is 1. The summed E-state index contributed by atoms with van der Waals surface area (Å²) in [6.07, 6.45) is -15.2. The fourth-order valence-electron chi connectivity index (χ4n) is 4.53. The second-order valence-electron chi connectivity index (χ2n) is 9.61. The molecule has 0 unspecified atom stereocenters. The SMILES string of the molecule is O=Nc1cc([C@@](Cc2ccccc2)(NC(=O)c2ccc(F)c(C(F)(F)F)c2)c2cc(F)cc(OC(F)(F)C(F)F)c2)ccc1F. The summed E-state index contributed by atoms with van der Waals surface area (Å²) in [5, 5.41) is 4.93. The lowest BCUT2D eigenvalue weighted by molar-refractivity contribution is -0.253. The van der Waals surface area contributed by atoms with E-state index in [4.69, 9.17) is 0 Å². The first-order valence-corrected chi connectivity index (χ1v) is 12.6. The van der Waals surface area contributed by atoms with Gasteiger partial charge >= 0.3 is 18.7 Å². The molecule has 1 N–H and O–H groups in total. The number of alkyl halides is 7. The summed E-state index contributed by atoms with van der Waals surface area (Å²) in [7, 11) is 0. The summed E-state index contributed by atoms with van der Waals surface area (Å²) in [5.74, 6) is -6.72. The van der Waals surface area contributed by atoms with Crippen LogP contribution in [0.5, 0.6) is 5.75 Å². The fraction of sp³-hybridized carbons (Fsp3) is 0.167. The molecule has 0 aliphatic rings. The number of halogens is 10. The van der Waals surface area contributed by atoms with Gasteiger partial charge in [0.25, 0.3) is 5.91 Å². The van der Waals surface area contributed by atoms with E-state index in [1.807, 2.05) is 0 Å². The third kappa shape index (κ3) is 7.24. The van der Waals surface area contributed by atoms with Gasteiger partial charge in [0.1, 0.15) is 23.1 Å². The van der Waals surface area contributed by atoms with Crippen LogP contribution in [0, 0.1) is 22.4 Å². The van der Waals surface area contributed by atoms with Crippen molar-refractivity contribution in [3.63, 3.8) is 0 Å². The quantitative estimate of drug-likeness (QED) is 0.139. The molecule has 1 atom stereocenters. The highest BCUT2D eigenvalue weighted by Crippen LogP contribution is 2.40. The van der Waals surface area contributed by atoms with E-state index < -0.39 is 82.2 Å². The maximum atomic E-state index is 15.0. The molecular weight excluding hydrogens is 626 g/mol. The third-order valence-corrected chi connectivity index (χ3v) is 6.58. The zero-order chi connectivity index (χ0) is 33.2. The van der Waals surface area contributed by atoms with Gasteiger partial charge < -0.3 is 10.1 Å². The molecule has 0 spiro atoms. The fourth-order valence-corrected chi connectivity index (χ4v) is 4.53. The molecule has 0 saturated carbocycles. The van der Waals surface area contributed by atoms with Gasteiger partial charge in [-0.25, -0.2) is 13.2 Å². The number of hydrogen-bond donors (Lipinski definition) is 1. The van der Waals surface area contributed by atoms with Crippen LogP contribution in [0.4, 0.5) is 49.6 Å². The molecule has 0 radical (unpaired) electrons. The summed E-state index contributed by atoms with van der Waals surface area (Å²) in [4.78, 5) is 25.0. The Bertz CT molecular complexity index is 1710. The molecule has 45 heavy (non-hydrogen) atoms. The highest BCUT2D eigenvalue weighted by molar-refractivity contribution is 5.95. The zero-order valence-electron chi connectivity index (χ0n) is 22.3. The van der Waals surface area contributed by atoms with E-state index >= 15 is 0 Å². The average molecular weight is 644 g/mol. The first kappa shape index (κ1) is 33.0. The van der Waals surface area contributed by atoms with Gasteiger partial charge in [-0.2, -0.15) is 30.7 Å². The smallest absolute Gasteiger partial charge is 0.428 e. The topological polar surface area (TPSA) is 67.8 Å². The maximum Gasteiger partial charge on any atom is 0.461 e. The average Bonchev–Trinajstić information content (AvgIpc) is 2.96. The Morgan fingerprint density at radius 3 is 2.09 bits per heavy atom. The summed E-state index contributed by atoms with van der Waals surface area (Å²) >= 11 is 0. The van der Waals surface area contributed by atoms with Gasteiger partial charge in [0.15, 0.2) is 5.82 Å². The minimum Gasteiger partial charge on any atom is -0.428 e. The minimum atomic E-state index is -5.23. The molecule has 0 bridgehead atoms. The largest absolute Gasteiger partial charge is 0.461 e. The van der Waals surface area contributed by atoms with E-state index in [1.54, 1.807) is 6.07 Å². The molecule has 4 aromatic carbocycles. The molecule has 5 nitrogen and oxygen atoms in total. The Kier molecular flexibility index (Phi) is 9.21. The number of ether oxygens (including phenoxy) is 1. The third-order valence-electron chi connectivity index (χ3n) is 6.58. The predicted molar refractivity (Wildman–Crippen MR) is 140 cm³/mol. The highest BCUT2D eigenvalue weighted by Gasteiger charge is 2.45. The van der Waals surface area contributed by atoms with Gasteiger partial charge in [0.2, 0.25) is 0 Å². The van der Waals surface area contributed by atoms with Crippen LogP contribution in [0.2, 0.25) is 0 Å². The minimum absolute atomic E-state index is 0.185. The van der Waals surface area contributed by atoms with Crippen molar-refractivity contribution < 1.29 is 53.4 Å². The summed E-state index contributed by atoms with van der Waals surface area (Å²) in [5.41, 5.74) is -6.17. The predicted octanol–water partition coefficient (Wildman–Crippen LogP) is 8.67. The van der Waals surface area contributed by atoms with Crippen molar-refractivity contribution >= 4 is 11.6 Å². The number of nitroso groups, excluding NO2 is 1. The van der Waals surface area contributed by atoms with Crippen LogP contribution in [-0.2, 0) is 18.1 Å². The molecule has 0 aliphatic carbocycles. The van der Waals surface area contributed by atoms with Crippen molar-refractivity contribution in [1.29, 1.82) is 0 Å². The number of amides is 1. The van der Waals surface area contributed by atoms with Crippen molar-refractivity contribution in [2.24, 2.45) is 5.18 Å². The van der Waals surface area contributed by atoms with Gasteiger partial charge in [-0.3, -0.25) is 4.79 Å². The summed E-state index contributed by atoms with van der Waals surface area (Å²) in [6, 6.07) is 13.0. The molecule has 4 rings (SSSR count). The molecule has 0 fully saturated rings. The number of rotatable bonds is 10. The molecular formula is C30H18F10N2O3. The van der Waals surface area contributed by atoms with Crippen LogP contribution in [0.3, 0.4) is 0 Å². The van der Waals surface area contributed by atoms with Crippen LogP contribution in [0.15, 0.2) is 90.1 Å². The maximum absolute atomic E-state index is 15.0. The van der Waals surface area contributed by atoms with Crippen LogP contribution in [0.25, 0.3) is 0 Å². The lowest BCUT2D eigenvalue weighted by Gasteiger charge is -2.37. The van der Waals surface area contributed by atoms with E-state index in [0.29, 0.717) is 35.9 Å².